The zero-order chi connectivity index (χ0) is 12.0. The second-order valence-corrected chi connectivity index (χ2v) is 4.67. The lowest BCUT2D eigenvalue weighted by atomic mass is 9.89. The van der Waals surface area contributed by atoms with E-state index in [1.54, 1.807) is 0 Å². The first-order valence-corrected chi connectivity index (χ1v) is 6.31. The third-order valence-corrected chi connectivity index (χ3v) is 3.23. The van der Waals surface area contributed by atoms with E-state index < -0.39 is 0 Å². The highest BCUT2D eigenvalue weighted by Crippen LogP contribution is 2.27. The van der Waals surface area contributed by atoms with Crippen molar-refractivity contribution in [2.75, 3.05) is 32.9 Å². The molecule has 1 fully saturated rings. The molecule has 1 aliphatic heterocycles. The van der Waals surface area contributed by atoms with Crippen LogP contribution in [0.4, 0.5) is 0 Å². The third kappa shape index (κ3) is 3.45. The van der Waals surface area contributed by atoms with Crippen molar-refractivity contribution in [2.45, 2.75) is 13.3 Å². The molecule has 17 heavy (non-hydrogen) atoms. The number of ether oxygens (including phenoxy) is 2. The van der Waals surface area contributed by atoms with Gasteiger partial charge in [0.05, 0.1) is 13.2 Å². The Bertz CT molecular complexity index is 320. The molecule has 1 aromatic carbocycles. The van der Waals surface area contributed by atoms with Crippen LogP contribution in [-0.2, 0) is 4.74 Å². The zero-order valence-electron chi connectivity index (χ0n) is 10.4. The van der Waals surface area contributed by atoms with E-state index in [1.165, 1.54) is 0 Å². The molecule has 0 saturated carbocycles. The molecule has 0 aliphatic carbocycles. The highest BCUT2D eigenvalue weighted by atomic mass is 16.5. The molecular formula is C14H21NO2. The number of benzene rings is 1. The van der Waals surface area contributed by atoms with E-state index in [2.05, 4.69) is 5.32 Å². The Labute approximate surface area is 103 Å². The van der Waals surface area contributed by atoms with Gasteiger partial charge in [-0.1, -0.05) is 18.2 Å². The highest BCUT2D eigenvalue weighted by Gasteiger charge is 2.35. The summed E-state index contributed by atoms with van der Waals surface area (Å²) in [7, 11) is 0. The largest absolute Gasteiger partial charge is 0.493 e. The summed E-state index contributed by atoms with van der Waals surface area (Å²) >= 11 is 0. The van der Waals surface area contributed by atoms with Gasteiger partial charge in [-0.05, 0) is 32.0 Å². The SMILES string of the molecule is CCOC[C@]1(COc2ccccc2)CCNC1. The Kier molecular flexibility index (Phi) is 4.40. The van der Waals surface area contributed by atoms with E-state index in [9.17, 15) is 0 Å². The van der Waals surface area contributed by atoms with Crippen LogP contribution in [0.3, 0.4) is 0 Å². The lowest BCUT2D eigenvalue weighted by molar-refractivity contribution is 0.0305. The van der Waals surface area contributed by atoms with Gasteiger partial charge in [-0.3, -0.25) is 0 Å². The molecule has 0 spiro atoms. The predicted molar refractivity (Wildman–Crippen MR) is 68.3 cm³/mol. The van der Waals surface area contributed by atoms with E-state index in [-0.39, 0.29) is 5.41 Å². The summed E-state index contributed by atoms with van der Waals surface area (Å²) in [5.41, 5.74) is 0.145. The van der Waals surface area contributed by atoms with Crippen molar-refractivity contribution < 1.29 is 9.47 Å². The van der Waals surface area contributed by atoms with Gasteiger partial charge in [-0.2, -0.15) is 0 Å². The Morgan fingerprint density at radius 3 is 2.71 bits per heavy atom. The van der Waals surface area contributed by atoms with Crippen molar-refractivity contribution in [3.63, 3.8) is 0 Å². The molecule has 1 heterocycles. The van der Waals surface area contributed by atoms with Gasteiger partial charge in [-0.25, -0.2) is 0 Å². The molecule has 1 saturated heterocycles. The van der Waals surface area contributed by atoms with Gasteiger partial charge in [0, 0.05) is 18.6 Å². The minimum absolute atomic E-state index is 0.145. The van der Waals surface area contributed by atoms with Crippen LogP contribution in [0.25, 0.3) is 0 Å². The van der Waals surface area contributed by atoms with Crippen LogP contribution in [0.5, 0.6) is 5.75 Å². The van der Waals surface area contributed by atoms with E-state index in [1.807, 2.05) is 37.3 Å². The molecule has 1 aromatic rings. The average Bonchev–Trinajstić information content (AvgIpc) is 2.85. The number of para-hydroxylation sites is 1. The molecule has 0 bridgehead atoms. The van der Waals surface area contributed by atoms with E-state index >= 15 is 0 Å². The van der Waals surface area contributed by atoms with Gasteiger partial charge in [0.15, 0.2) is 0 Å². The minimum Gasteiger partial charge on any atom is -0.493 e. The number of hydrogen-bond donors (Lipinski definition) is 1. The second kappa shape index (κ2) is 6.03. The Morgan fingerprint density at radius 1 is 1.24 bits per heavy atom. The number of hydrogen-bond acceptors (Lipinski definition) is 3. The van der Waals surface area contributed by atoms with Crippen LogP contribution in [0.1, 0.15) is 13.3 Å². The minimum atomic E-state index is 0.145. The fraction of sp³-hybridized carbons (Fsp3) is 0.571. The van der Waals surface area contributed by atoms with Crippen LogP contribution < -0.4 is 10.1 Å². The monoisotopic (exact) mass is 235 g/mol. The van der Waals surface area contributed by atoms with Crippen LogP contribution in [-0.4, -0.2) is 32.9 Å². The maximum Gasteiger partial charge on any atom is 0.119 e. The van der Waals surface area contributed by atoms with Crippen molar-refractivity contribution in [3.8, 4) is 5.75 Å². The summed E-state index contributed by atoms with van der Waals surface area (Å²) in [5, 5.41) is 3.40. The van der Waals surface area contributed by atoms with Crippen LogP contribution >= 0.6 is 0 Å². The summed E-state index contributed by atoms with van der Waals surface area (Å²) in [4.78, 5) is 0. The molecule has 0 radical (unpaired) electrons. The summed E-state index contributed by atoms with van der Waals surface area (Å²) < 4.78 is 11.5. The Balaban J connectivity index is 1.89. The topological polar surface area (TPSA) is 30.5 Å². The lowest BCUT2D eigenvalue weighted by Crippen LogP contribution is -2.36. The molecule has 0 aromatic heterocycles. The van der Waals surface area contributed by atoms with Gasteiger partial charge in [0.1, 0.15) is 5.75 Å². The Hall–Kier alpha value is -1.06. The van der Waals surface area contributed by atoms with Crippen molar-refractivity contribution in [3.05, 3.63) is 30.3 Å². The smallest absolute Gasteiger partial charge is 0.119 e. The molecule has 1 N–H and O–H groups in total. The maximum absolute atomic E-state index is 5.87. The van der Waals surface area contributed by atoms with E-state index in [0.29, 0.717) is 0 Å². The number of nitrogens with one attached hydrogen (secondary N) is 1. The number of rotatable bonds is 6. The Morgan fingerprint density at radius 2 is 2.06 bits per heavy atom. The van der Waals surface area contributed by atoms with Crippen molar-refractivity contribution in [1.29, 1.82) is 0 Å². The summed E-state index contributed by atoms with van der Waals surface area (Å²) in [6.45, 7) is 6.36. The molecule has 3 nitrogen and oxygen atoms in total. The van der Waals surface area contributed by atoms with Crippen LogP contribution in [0.2, 0.25) is 0 Å². The van der Waals surface area contributed by atoms with E-state index in [0.717, 1.165) is 45.1 Å². The van der Waals surface area contributed by atoms with Crippen molar-refractivity contribution in [2.24, 2.45) is 5.41 Å². The fourth-order valence-electron chi connectivity index (χ4n) is 2.16. The van der Waals surface area contributed by atoms with Crippen LogP contribution in [0.15, 0.2) is 30.3 Å². The first kappa shape index (κ1) is 12.4. The van der Waals surface area contributed by atoms with Gasteiger partial charge in [0.2, 0.25) is 0 Å². The molecular weight excluding hydrogens is 214 g/mol. The third-order valence-electron chi connectivity index (χ3n) is 3.23. The molecule has 0 amide bonds. The highest BCUT2D eigenvalue weighted by molar-refractivity contribution is 5.21. The quantitative estimate of drug-likeness (QED) is 0.819. The summed E-state index contributed by atoms with van der Waals surface area (Å²) in [5.74, 6) is 0.940. The lowest BCUT2D eigenvalue weighted by Gasteiger charge is -2.27. The van der Waals surface area contributed by atoms with Crippen molar-refractivity contribution in [1.82, 2.24) is 5.32 Å². The molecule has 1 aliphatic rings. The molecule has 94 valence electrons. The molecule has 0 unspecified atom stereocenters. The maximum atomic E-state index is 5.87. The average molecular weight is 235 g/mol. The second-order valence-electron chi connectivity index (χ2n) is 4.67. The first-order valence-electron chi connectivity index (χ1n) is 6.31. The van der Waals surface area contributed by atoms with Gasteiger partial charge >= 0.3 is 0 Å². The molecule has 1 atom stereocenters. The predicted octanol–water partition coefficient (Wildman–Crippen LogP) is 2.08. The van der Waals surface area contributed by atoms with Gasteiger partial charge < -0.3 is 14.8 Å². The van der Waals surface area contributed by atoms with E-state index in [4.69, 9.17) is 9.47 Å². The molecule has 2 rings (SSSR count). The first-order chi connectivity index (χ1) is 8.35. The zero-order valence-corrected chi connectivity index (χ0v) is 10.4. The van der Waals surface area contributed by atoms with Gasteiger partial charge in [0.25, 0.3) is 0 Å². The van der Waals surface area contributed by atoms with Gasteiger partial charge in [-0.15, -0.1) is 0 Å². The van der Waals surface area contributed by atoms with Crippen molar-refractivity contribution >= 4 is 0 Å². The fourth-order valence-corrected chi connectivity index (χ4v) is 2.16. The summed E-state index contributed by atoms with van der Waals surface area (Å²) in [6.07, 6.45) is 1.12. The van der Waals surface area contributed by atoms with Crippen LogP contribution in [0, 0.1) is 5.41 Å². The standard InChI is InChI=1S/C14H21NO2/c1-2-16-11-14(8-9-15-10-14)12-17-13-6-4-3-5-7-13/h3-7,15H,2,8-12H2,1H3/t14-/m0/s1. The molecule has 3 heteroatoms. The summed E-state index contributed by atoms with van der Waals surface area (Å²) in [6, 6.07) is 9.99. The normalized spacial score (nSPS) is 23.8.